The number of aliphatic hydroxyl groups excluding tert-OH is 1. The van der Waals surface area contributed by atoms with Crippen molar-refractivity contribution in [3.05, 3.63) is 84.0 Å². The lowest BCUT2D eigenvalue weighted by Gasteiger charge is -2.36. The van der Waals surface area contributed by atoms with Crippen LogP contribution in [-0.2, 0) is 11.8 Å². The number of aromatic nitrogens is 5. The quantitative estimate of drug-likeness (QED) is 0.196. The van der Waals surface area contributed by atoms with Gasteiger partial charge in [0.25, 0.3) is 0 Å². The summed E-state index contributed by atoms with van der Waals surface area (Å²) in [6.07, 6.45) is 3.10. The molecule has 1 amide bonds. The number of halogens is 2. The molecular weight excluding hydrogens is 610 g/mol. The molecule has 234 valence electrons. The van der Waals surface area contributed by atoms with E-state index in [2.05, 4.69) is 11.7 Å². The Labute approximate surface area is 267 Å². The first-order valence-electron chi connectivity index (χ1n) is 14.8. The number of rotatable bonds is 7. The summed E-state index contributed by atoms with van der Waals surface area (Å²) < 4.78 is 40.6. The van der Waals surface area contributed by atoms with Crippen LogP contribution in [0.2, 0.25) is 0 Å². The maximum atomic E-state index is 16.0. The Morgan fingerprint density at radius 1 is 1.15 bits per heavy atom. The van der Waals surface area contributed by atoms with Crippen LogP contribution in [0.1, 0.15) is 31.6 Å². The van der Waals surface area contributed by atoms with Crippen molar-refractivity contribution in [1.29, 1.82) is 0 Å². The normalized spacial score (nSPS) is 16.3. The van der Waals surface area contributed by atoms with Gasteiger partial charge in [-0.25, -0.2) is 13.8 Å². The van der Waals surface area contributed by atoms with Crippen molar-refractivity contribution < 1.29 is 23.4 Å². The highest BCUT2D eigenvalue weighted by molar-refractivity contribution is 7.18. The first-order chi connectivity index (χ1) is 22.2. The van der Waals surface area contributed by atoms with E-state index in [9.17, 15) is 14.3 Å². The Bertz CT molecular complexity index is 2170. The smallest absolute Gasteiger partial charge is 0.246 e. The van der Waals surface area contributed by atoms with Crippen LogP contribution in [0.4, 0.5) is 8.78 Å². The number of carbonyl (C=O) groups is 1. The fourth-order valence-corrected chi connectivity index (χ4v) is 7.23. The van der Waals surface area contributed by atoms with Crippen molar-refractivity contribution >= 4 is 38.2 Å². The van der Waals surface area contributed by atoms with Crippen LogP contribution in [0.5, 0.6) is 5.75 Å². The van der Waals surface area contributed by atoms with Crippen molar-refractivity contribution in [1.82, 2.24) is 29.4 Å². The van der Waals surface area contributed by atoms with Crippen LogP contribution in [0.3, 0.4) is 0 Å². The van der Waals surface area contributed by atoms with Crippen LogP contribution >= 0.6 is 11.3 Å². The van der Waals surface area contributed by atoms with E-state index in [1.54, 1.807) is 15.8 Å². The second-order valence-corrected chi connectivity index (χ2v) is 12.3. The van der Waals surface area contributed by atoms with E-state index in [4.69, 9.17) is 14.8 Å². The highest BCUT2D eigenvalue weighted by atomic mass is 32.1. The Morgan fingerprint density at radius 3 is 2.76 bits per heavy atom. The molecule has 0 unspecified atom stereocenters. The van der Waals surface area contributed by atoms with E-state index >= 15 is 4.39 Å². The predicted molar refractivity (Wildman–Crippen MR) is 174 cm³/mol. The van der Waals surface area contributed by atoms with Crippen LogP contribution in [0, 0.1) is 11.6 Å². The molecule has 5 heterocycles. The van der Waals surface area contributed by atoms with Gasteiger partial charge in [0, 0.05) is 52.3 Å². The number of fused-ring (bicyclic) bond motifs is 3. The van der Waals surface area contributed by atoms with E-state index in [0.717, 1.165) is 39.7 Å². The number of hydrogen-bond acceptors (Lipinski definition) is 7. The first-order valence-corrected chi connectivity index (χ1v) is 15.7. The van der Waals surface area contributed by atoms with Crippen LogP contribution in [0.15, 0.2) is 66.7 Å². The molecule has 7 rings (SSSR count). The standard InChI is InChI=1S/C34H30F2N6O3S/c1-5-29(44)41-17-18(2)42-26(19(41)3)15-25(39-42)33-31(30-24(36)13-22(35)14-28(30)45-10-9-43)34-23(8-11-46-34)32(38-33)20-6-7-21-16-37-40(4)27(21)12-20/h5-8,11-16,18-19,43H,1,9-10,17H2,2-4H3/t18-,19+/m0/s1. The summed E-state index contributed by atoms with van der Waals surface area (Å²) in [5.74, 6) is -1.87. The van der Waals surface area contributed by atoms with E-state index in [1.807, 2.05) is 61.3 Å². The monoisotopic (exact) mass is 640 g/mol. The van der Waals surface area contributed by atoms with Crippen LogP contribution < -0.4 is 4.74 Å². The van der Waals surface area contributed by atoms with Crippen molar-refractivity contribution in [3.63, 3.8) is 0 Å². The largest absolute Gasteiger partial charge is 0.490 e. The molecule has 1 N–H and O–H groups in total. The molecule has 46 heavy (non-hydrogen) atoms. The number of thiophene rings is 1. The average Bonchev–Trinajstić information content (AvgIpc) is 3.80. The summed E-state index contributed by atoms with van der Waals surface area (Å²) in [5.41, 5.74) is 4.46. The first kappa shape index (κ1) is 29.8. The Balaban J connectivity index is 1.54. The molecule has 6 aromatic rings. The summed E-state index contributed by atoms with van der Waals surface area (Å²) in [4.78, 5) is 19.6. The Hall–Kier alpha value is -4.94. The van der Waals surface area contributed by atoms with Gasteiger partial charge in [0.2, 0.25) is 5.91 Å². The van der Waals surface area contributed by atoms with Gasteiger partial charge in [-0.15, -0.1) is 11.3 Å². The van der Waals surface area contributed by atoms with Crippen molar-refractivity contribution in [2.24, 2.45) is 7.05 Å². The van der Waals surface area contributed by atoms with Crippen molar-refractivity contribution in [3.8, 4) is 39.5 Å². The number of carbonyl (C=O) groups excluding carboxylic acids is 1. The molecule has 1 aliphatic heterocycles. The molecule has 0 spiro atoms. The minimum Gasteiger partial charge on any atom is -0.490 e. The highest BCUT2D eigenvalue weighted by Crippen LogP contribution is 2.48. The fourth-order valence-electron chi connectivity index (χ4n) is 6.28. The number of pyridine rings is 1. The van der Waals surface area contributed by atoms with Gasteiger partial charge in [-0.3, -0.25) is 14.2 Å². The molecule has 4 aromatic heterocycles. The summed E-state index contributed by atoms with van der Waals surface area (Å²) >= 11 is 1.40. The third-order valence-corrected chi connectivity index (χ3v) is 9.42. The summed E-state index contributed by atoms with van der Waals surface area (Å²) in [7, 11) is 1.87. The van der Waals surface area contributed by atoms with Gasteiger partial charge in [-0.1, -0.05) is 18.7 Å². The van der Waals surface area contributed by atoms with E-state index in [-0.39, 0.29) is 42.5 Å². The lowest BCUT2D eigenvalue weighted by atomic mass is 9.96. The van der Waals surface area contributed by atoms with E-state index in [1.165, 1.54) is 17.4 Å². The zero-order chi connectivity index (χ0) is 32.3. The zero-order valence-corrected chi connectivity index (χ0v) is 26.2. The van der Waals surface area contributed by atoms with E-state index < -0.39 is 11.6 Å². The van der Waals surface area contributed by atoms with Gasteiger partial charge in [0.1, 0.15) is 35.4 Å². The number of ether oxygens (including phenoxy) is 1. The number of aryl methyl sites for hydroxylation is 1. The molecule has 9 nitrogen and oxygen atoms in total. The predicted octanol–water partition coefficient (Wildman–Crippen LogP) is 6.68. The second-order valence-electron chi connectivity index (χ2n) is 11.3. The lowest BCUT2D eigenvalue weighted by molar-refractivity contribution is -0.129. The molecule has 1 aliphatic rings. The van der Waals surface area contributed by atoms with Gasteiger partial charge < -0.3 is 14.7 Å². The minimum absolute atomic E-state index is 0.0222. The summed E-state index contributed by atoms with van der Waals surface area (Å²) in [5, 5.41) is 22.5. The zero-order valence-electron chi connectivity index (χ0n) is 25.4. The number of hydrogen-bond donors (Lipinski definition) is 1. The molecule has 0 bridgehead atoms. The molecule has 12 heteroatoms. The molecular formula is C34H30F2N6O3S. The van der Waals surface area contributed by atoms with Crippen LogP contribution in [-0.4, -0.2) is 60.2 Å². The van der Waals surface area contributed by atoms with Gasteiger partial charge in [0.15, 0.2) is 0 Å². The molecule has 2 aromatic carbocycles. The molecule has 0 saturated heterocycles. The number of amides is 1. The van der Waals surface area contributed by atoms with Gasteiger partial charge >= 0.3 is 0 Å². The lowest BCUT2D eigenvalue weighted by Crippen LogP contribution is -2.42. The Kier molecular flexibility index (Phi) is 7.41. The summed E-state index contributed by atoms with van der Waals surface area (Å²) in [6.45, 7) is 7.50. The Morgan fingerprint density at radius 2 is 1.98 bits per heavy atom. The topological polar surface area (TPSA) is 98.3 Å². The number of nitrogens with zero attached hydrogens (tertiary/aromatic N) is 6. The fraction of sp³-hybridized carbons (Fsp3) is 0.235. The van der Waals surface area contributed by atoms with Crippen molar-refractivity contribution in [2.75, 3.05) is 19.8 Å². The molecule has 0 saturated carbocycles. The summed E-state index contributed by atoms with van der Waals surface area (Å²) in [6, 6.07) is 11.2. The third kappa shape index (κ3) is 4.76. The third-order valence-electron chi connectivity index (χ3n) is 8.49. The molecule has 2 atom stereocenters. The number of aliphatic hydroxyl groups is 1. The minimum atomic E-state index is -0.830. The number of benzene rings is 2. The van der Waals surface area contributed by atoms with Gasteiger partial charge in [0.05, 0.1) is 47.4 Å². The SMILES string of the molecule is C=CC(=O)N1C[C@H](C)n2nc(-c3nc(-c4ccc5cnn(C)c5c4)c4ccsc4c3-c3c(F)cc(F)cc3OCCO)cc2[C@H]1C. The maximum absolute atomic E-state index is 16.0. The second kappa shape index (κ2) is 11.5. The van der Waals surface area contributed by atoms with Gasteiger partial charge in [-0.2, -0.15) is 10.2 Å². The maximum Gasteiger partial charge on any atom is 0.246 e. The van der Waals surface area contributed by atoms with E-state index in [0.29, 0.717) is 33.9 Å². The molecule has 0 radical (unpaired) electrons. The highest BCUT2D eigenvalue weighted by Gasteiger charge is 2.34. The van der Waals surface area contributed by atoms with Crippen LogP contribution in [0.25, 0.3) is 54.8 Å². The molecule has 0 fully saturated rings. The van der Waals surface area contributed by atoms with Gasteiger partial charge in [-0.05, 0) is 43.5 Å². The molecule has 0 aliphatic carbocycles. The van der Waals surface area contributed by atoms with Crippen molar-refractivity contribution in [2.45, 2.75) is 25.9 Å². The average molecular weight is 641 g/mol.